The van der Waals surface area contributed by atoms with Crippen LogP contribution < -0.4 is 11.2 Å². The van der Waals surface area contributed by atoms with Crippen molar-refractivity contribution in [1.29, 1.82) is 0 Å². The number of H-pyrrole nitrogens is 1. The van der Waals surface area contributed by atoms with E-state index in [0.717, 1.165) is 22.2 Å². The zero-order valence-corrected chi connectivity index (χ0v) is 14.7. The van der Waals surface area contributed by atoms with E-state index in [1.165, 1.54) is 0 Å². The van der Waals surface area contributed by atoms with Crippen molar-refractivity contribution in [3.8, 4) is 0 Å². The van der Waals surface area contributed by atoms with Gasteiger partial charge in [0.05, 0.1) is 11.3 Å². The first-order valence-corrected chi connectivity index (χ1v) is 8.60. The predicted octanol–water partition coefficient (Wildman–Crippen LogP) is 2.94. The van der Waals surface area contributed by atoms with Crippen LogP contribution >= 0.6 is 0 Å². The van der Waals surface area contributed by atoms with Crippen molar-refractivity contribution in [2.45, 2.75) is 12.8 Å². The van der Waals surface area contributed by atoms with Gasteiger partial charge < -0.3 is 10.7 Å². The van der Waals surface area contributed by atoms with Crippen molar-refractivity contribution < 1.29 is 9.59 Å². The lowest BCUT2D eigenvalue weighted by atomic mass is 9.90. The van der Waals surface area contributed by atoms with Gasteiger partial charge in [0.2, 0.25) is 5.91 Å². The molecular weight excluding hydrogens is 340 g/mol. The molecule has 0 radical (unpaired) electrons. The number of primary amides is 1. The molecule has 4 rings (SSSR count). The van der Waals surface area contributed by atoms with Gasteiger partial charge in [-0.3, -0.25) is 9.59 Å². The molecule has 134 valence electrons. The first kappa shape index (κ1) is 16.8. The van der Waals surface area contributed by atoms with Crippen LogP contribution in [0.2, 0.25) is 0 Å². The van der Waals surface area contributed by atoms with Gasteiger partial charge >= 0.3 is 0 Å². The summed E-state index contributed by atoms with van der Waals surface area (Å²) < 4.78 is 0. The molecule has 2 aromatic carbocycles. The van der Waals surface area contributed by atoms with Crippen LogP contribution in [0.5, 0.6) is 0 Å². The molecule has 3 aromatic rings. The maximum Gasteiger partial charge on any atom is 0.273 e. The number of para-hydroxylation sites is 1. The summed E-state index contributed by atoms with van der Waals surface area (Å²) in [5.41, 5.74) is 12.3. The number of carbonyl (C=O) groups excluding carboxylic acids is 2. The topological polar surface area (TPSA) is 100 Å². The van der Waals surface area contributed by atoms with Crippen LogP contribution in [0.3, 0.4) is 0 Å². The van der Waals surface area contributed by atoms with Crippen molar-refractivity contribution in [1.82, 2.24) is 10.4 Å². The molecule has 0 spiro atoms. The third-order valence-electron chi connectivity index (χ3n) is 4.75. The summed E-state index contributed by atoms with van der Waals surface area (Å²) in [6, 6.07) is 17.0. The Balaban J connectivity index is 1.67. The average Bonchev–Trinajstić information content (AvgIpc) is 3.25. The minimum atomic E-state index is -0.469. The van der Waals surface area contributed by atoms with E-state index in [4.69, 9.17) is 5.73 Å². The number of aromatic amines is 1. The largest absolute Gasteiger partial charge is 0.366 e. The molecule has 1 atom stereocenters. The Morgan fingerprint density at radius 2 is 1.89 bits per heavy atom. The highest BCUT2D eigenvalue weighted by atomic mass is 16.2. The number of hydrogen-bond donors (Lipinski definition) is 3. The first-order valence-electron chi connectivity index (χ1n) is 8.60. The van der Waals surface area contributed by atoms with Crippen molar-refractivity contribution in [2.75, 3.05) is 0 Å². The van der Waals surface area contributed by atoms with Gasteiger partial charge in [-0.2, -0.15) is 5.10 Å². The van der Waals surface area contributed by atoms with E-state index < -0.39 is 5.91 Å². The van der Waals surface area contributed by atoms with E-state index in [9.17, 15) is 9.59 Å². The highest BCUT2D eigenvalue weighted by Crippen LogP contribution is 2.26. The SMILES string of the molecule is CC(C1=NNC(=O)/C1=C/c1cc2ccccc2[nH]1)c1ccc(C(N)=O)cc1. The minimum Gasteiger partial charge on any atom is -0.366 e. The molecule has 27 heavy (non-hydrogen) atoms. The summed E-state index contributed by atoms with van der Waals surface area (Å²) in [5, 5.41) is 5.31. The second-order valence-corrected chi connectivity index (χ2v) is 6.52. The van der Waals surface area contributed by atoms with E-state index in [0.29, 0.717) is 16.8 Å². The second-order valence-electron chi connectivity index (χ2n) is 6.52. The summed E-state index contributed by atoms with van der Waals surface area (Å²) in [5.74, 6) is -0.825. The van der Waals surface area contributed by atoms with Gasteiger partial charge in [0.25, 0.3) is 5.91 Å². The van der Waals surface area contributed by atoms with E-state index in [1.807, 2.05) is 55.5 Å². The number of fused-ring (bicyclic) bond motifs is 1. The van der Waals surface area contributed by atoms with E-state index in [-0.39, 0.29) is 11.8 Å². The molecule has 0 saturated heterocycles. The van der Waals surface area contributed by atoms with E-state index in [2.05, 4.69) is 15.5 Å². The Morgan fingerprint density at radius 3 is 2.59 bits per heavy atom. The average molecular weight is 358 g/mol. The lowest BCUT2D eigenvalue weighted by Crippen LogP contribution is -2.16. The number of nitrogens with zero attached hydrogens (tertiary/aromatic N) is 1. The summed E-state index contributed by atoms with van der Waals surface area (Å²) in [7, 11) is 0. The van der Waals surface area contributed by atoms with Crippen LogP contribution in [0.4, 0.5) is 0 Å². The first-order chi connectivity index (χ1) is 13.0. The Bertz CT molecular complexity index is 1070. The maximum atomic E-state index is 12.3. The Labute approximate surface area is 155 Å². The monoisotopic (exact) mass is 358 g/mol. The molecule has 1 unspecified atom stereocenters. The van der Waals surface area contributed by atoms with Gasteiger partial charge in [-0.25, -0.2) is 5.43 Å². The zero-order valence-electron chi connectivity index (χ0n) is 14.7. The van der Waals surface area contributed by atoms with Gasteiger partial charge in [0.1, 0.15) is 0 Å². The van der Waals surface area contributed by atoms with Crippen molar-refractivity contribution in [3.63, 3.8) is 0 Å². The quantitative estimate of drug-likeness (QED) is 0.625. The Hall–Kier alpha value is -3.67. The van der Waals surface area contributed by atoms with Gasteiger partial charge in [-0.1, -0.05) is 37.3 Å². The number of hydrazone groups is 1. The Kier molecular flexibility index (Phi) is 4.08. The molecule has 1 aromatic heterocycles. The molecule has 0 saturated carbocycles. The van der Waals surface area contributed by atoms with Gasteiger partial charge in [0, 0.05) is 22.7 Å². The molecule has 0 fully saturated rings. The van der Waals surface area contributed by atoms with Gasteiger partial charge in [-0.05, 0) is 41.3 Å². The fourth-order valence-electron chi connectivity index (χ4n) is 3.24. The lowest BCUT2D eigenvalue weighted by molar-refractivity contribution is -0.116. The number of nitrogens with two attached hydrogens (primary N) is 1. The van der Waals surface area contributed by atoms with Crippen LogP contribution in [0.15, 0.2) is 65.3 Å². The molecule has 2 amide bonds. The standard InChI is InChI=1S/C21H18N4O2/c1-12(13-6-8-14(9-7-13)20(22)26)19-17(21(27)25-24-19)11-16-10-15-4-2-3-5-18(15)23-16/h2-12,23H,1H3,(H2,22,26)(H,25,27)/b17-11+. The number of benzene rings is 2. The number of amides is 2. The normalized spacial score (nSPS) is 16.4. The molecule has 6 heteroatoms. The molecule has 6 nitrogen and oxygen atoms in total. The minimum absolute atomic E-state index is 0.124. The highest BCUT2D eigenvalue weighted by Gasteiger charge is 2.28. The summed E-state index contributed by atoms with van der Waals surface area (Å²) in [6.45, 7) is 1.97. The number of carbonyl (C=O) groups is 2. The molecule has 1 aliphatic rings. The van der Waals surface area contributed by atoms with Crippen LogP contribution in [-0.4, -0.2) is 22.5 Å². The second kappa shape index (κ2) is 6.57. The molecule has 0 aliphatic carbocycles. The molecule has 4 N–H and O–H groups in total. The third-order valence-corrected chi connectivity index (χ3v) is 4.75. The number of rotatable bonds is 4. The number of aromatic nitrogens is 1. The van der Waals surface area contributed by atoms with Crippen molar-refractivity contribution in [2.24, 2.45) is 10.8 Å². The molecule has 1 aliphatic heterocycles. The summed E-state index contributed by atoms with van der Waals surface area (Å²) in [4.78, 5) is 26.9. The lowest BCUT2D eigenvalue weighted by Gasteiger charge is -2.12. The summed E-state index contributed by atoms with van der Waals surface area (Å²) in [6.07, 6.45) is 1.81. The fourth-order valence-corrected chi connectivity index (χ4v) is 3.24. The van der Waals surface area contributed by atoms with Gasteiger partial charge in [0.15, 0.2) is 0 Å². The maximum absolute atomic E-state index is 12.3. The molecular formula is C21H18N4O2. The van der Waals surface area contributed by atoms with E-state index in [1.54, 1.807) is 12.1 Å². The van der Waals surface area contributed by atoms with Crippen LogP contribution in [0, 0.1) is 0 Å². The highest BCUT2D eigenvalue weighted by molar-refractivity contribution is 6.29. The zero-order chi connectivity index (χ0) is 19.0. The van der Waals surface area contributed by atoms with Crippen LogP contribution in [0.1, 0.15) is 34.5 Å². The molecule has 2 heterocycles. The van der Waals surface area contributed by atoms with Crippen LogP contribution in [-0.2, 0) is 4.79 Å². The third kappa shape index (κ3) is 3.13. The van der Waals surface area contributed by atoms with Crippen LogP contribution in [0.25, 0.3) is 17.0 Å². The predicted molar refractivity (Wildman–Crippen MR) is 105 cm³/mol. The summed E-state index contributed by atoms with van der Waals surface area (Å²) >= 11 is 0. The number of hydrogen-bond acceptors (Lipinski definition) is 3. The molecule has 0 bridgehead atoms. The number of nitrogens with one attached hydrogen (secondary N) is 2. The fraction of sp³-hybridized carbons (Fsp3) is 0.0952. The van der Waals surface area contributed by atoms with Gasteiger partial charge in [-0.15, -0.1) is 0 Å². The Morgan fingerprint density at radius 1 is 1.15 bits per heavy atom. The van der Waals surface area contributed by atoms with Crippen molar-refractivity contribution >= 4 is 34.5 Å². The van der Waals surface area contributed by atoms with E-state index >= 15 is 0 Å². The van der Waals surface area contributed by atoms with Crippen molar-refractivity contribution in [3.05, 3.63) is 77.0 Å². The smallest absolute Gasteiger partial charge is 0.273 e.